The number of benzene rings is 2. The van der Waals surface area contributed by atoms with Gasteiger partial charge in [-0.15, -0.1) is 0 Å². The molecular formula is C25H26F4N2O3S. The highest BCUT2D eigenvalue weighted by atomic mass is 32.2. The fourth-order valence-electron chi connectivity index (χ4n) is 5.57. The van der Waals surface area contributed by atoms with Crippen molar-refractivity contribution in [1.29, 1.82) is 0 Å². The van der Waals surface area contributed by atoms with Gasteiger partial charge in [0.2, 0.25) is 15.9 Å². The fourth-order valence-corrected chi connectivity index (χ4v) is 6.38. The van der Waals surface area contributed by atoms with Crippen molar-refractivity contribution in [3.05, 3.63) is 59.4 Å². The van der Waals surface area contributed by atoms with Gasteiger partial charge in [0.1, 0.15) is 23.6 Å². The Hall–Kier alpha value is -2.46. The Kier molecular flexibility index (Phi) is 6.15. The van der Waals surface area contributed by atoms with E-state index in [1.54, 1.807) is 11.0 Å². The number of likely N-dealkylation sites (tertiary alicyclic amines) is 1. The van der Waals surface area contributed by atoms with E-state index in [4.69, 9.17) is 0 Å². The standard InChI is InChI=1S/C25H26F4N2O3S/c1-35(33,34)30-21-9-15-11-22(15)31(25(32)16-7-17(26)8-16)23(21)10-13-3-2-4-20(24(13)29)14-5-18(27)12-19(28)6-14/h2-6,12,15-17,21-23,30H,7-11H2,1H3/t15-,16?,17?,21+,22+,23+/m1/s1. The molecule has 2 saturated carbocycles. The number of carbonyl (C=O) groups is 1. The van der Waals surface area contributed by atoms with Crippen LogP contribution in [0.25, 0.3) is 11.1 Å². The number of amides is 1. The van der Waals surface area contributed by atoms with Crippen LogP contribution in [0.2, 0.25) is 0 Å². The molecule has 4 atom stereocenters. The number of nitrogens with zero attached hydrogens (tertiary/aromatic N) is 1. The minimum atomic E-state index is -3.62. The Morgan fingerprint density at radius 2 is 1.74 bits per heavy atom. The Bertz CT molecular complexity index is 1250. The third-order valence-corrected chi connectivity index (χ3v) is 8.08. The molecule has 2 aliphatic carbocycles. The Morgan fingerprint density at radius 3 is 2.37 bits per heavy atom. The van der Waals surface area contributed by atoms with E-state index in [1.165, 1.54) is 12.1 Å². The summed E-state index contributed by atoms with van der Waals surface area (Å²) < 4.78 is 83.5. The van der Waals surface area contributed by atoms with Gasteiger partial charge in [0, 0.05) is 29.6 Å². The van der Waals surface area contributed by atoms with Gasteiger partial charge in [0.25, 0.3) is 0 Å². The molecule has 3 aliphatic rings. The molecule has 1 saturated heterocycles. The average Bonchev–Trinajstić information content (AvgIpc) is 3.49. The van der Waals surface area contributed by atoms with Crippen LogP contribution in [-0.2, 0) is 21.2 Å². The summed E-state index contributed by atoms with van der Waals surface area (Å²) in [5, 5.41) is 0. The van der Waals surface area contributed by atoms with E-state index >= 15 is 4.39 Å². The van der Waals surface area contributed by atoms with E-state index in [0.717, 1.165) is 24.8 Å². The average molecular weight is 511 g/mol. The van der Waals surface area contributed by atoms with Crippen LogP contribution < -0.4 is 4.72 Å². The number of hydrogen-bond donors (Lipinski definition) is 1. The third kappa shape index (κ3) is 4.95. The molecule has 5 rings (SSSR count). The number of halogens is 4. The highest BCUT2D eigenvalue weighted by Gasteiger charge is 2.55. The lowest BCUT2D eigenvalue weighted by Gasteiger charge is -2.44. The van der Waals surface area contributed by atoms with E-state index in [0.29, 0.717) is 12.5 Å². The molecule has 0 bridgehead atoms. The molecule has 1 N–H and O–H groups in total. The van der Waals surface area contributed by atoms with E-state index < -0.39 is 51.6 Å². The molecule has 5 nitrogen and oxygen atoms in total. The van der Waals surface area contributed by atoms with Gasteiger partial charge in [-0.2, -0.15) is 0 Å². The number of carbonyl (C=O) groups excluding carboxylic acids is 1. The lowest BCUT2D eigenvalue weighted by Crippen LogP contribution is -2.60. The monoisotopic (exact) mass is 510 g/mol. The van der Waals surface area contributed by atoms with E-state index in [9.17, 15) is 26.4 Å². The zero-order valence-electron chi connectivity index (χ0n) is 19.1. The summed E-state index contributed by atoms with van der Waals surface area (Å²) in [5.74, 6) is -2.90. The van der Waals surface area contributed by atoms with Crippen molar-refractivity contribution in [2.45, 2.75) is 56.4 Å². The molecule has 1 heterocycles. The molecular weight excluding hydrogens is 484 g/mol. The van der Waals surface area contributed by atoms with Crippen LogP contribution in [0.15, 0.2) is 36.4 Å². The highest BCUT2D eigenvalue weighted by molar-refractivity contribution is 7.88. The van der Waals surface area contributed by atoms with Gasteiger partial charge in [-0.25, -0.2) is 30.7 Å². The number of nitrogens with one attached hydrogen (secondary N) is 1. The molecule has 0 radical (unpaired) electrons. The van der Waals surface area contributed by atoms with Gasteiger partial charge in [0.15, 0.2) is 0 Å². The summed E-state index contributed by atoms with van der Waals surface area (Å²) >= 11 is 0. The van der Waals surface area contributed by atoms with Crippen LogP contribution in [0.1, 0.15) is 31.2 Å². The minimum absolute atomic E-state index is 0.00534. The zero-order valence-corrected chi connectivity index (χ0v) is 19.9. The van der Waals surface area contributed by atoms with Crippen LogP contribution in [0.4, 0.5) is 17.6 Å². The summed E-state index contributed by atoms with van der Waals surface area (Å²) in [4.78, 5) is 15.0. The second-order valence-corrected chi connectivity index (χ2v) is 11.8. The molecule has 35 heavy (non-hydrogen) atoms. The van der Waals surface area contributed by atoms with E-state index in [2.05, 4.69) is 4.72 Å². The number of sulfonamides is 1. The van der Waals surface area contributed by atoms with Crippen molar-refractivity contribution in [2.24, 2.45) is 11.8 Å². The molecule has 0 unspecified atom stereocenters. The lowest BCUT2D eigenvalue weighted by molar-refractivity contribution is -0.145. The van der Waals surface area contributed by atoms with Gasteiger partial charge in [-0.05, 0) is 61.3 Å². The molecule has 0 spiro atoms. The largest absolute Gasteiger partial charge is 0.334 e. The summed E-state index contributed by atoms with van der Waals surface area (Å²) in [5.41, 5.74) is 0.243. The molecule has 2 aromatic rings. The Morgan fingerprint density at radius 1 is 1.06 bits per heavy atom. The van der Waals surface area contributed by atoms with Crippen LogP contribution in [0.3, 0.4) is 0 Å². The van der Waals surface area contributed by atoms with Crippen molar-refractivity contribution in [2.75, 3.05) is 6.26 Å². The van der Waals surface area contributed by atoms with Crippen molar-refractivity contribution in [1.82, 2.24) is 9.62 Å². The first kappa shape index (κ1) is 24.2. The molecule has 1 amide bonds. The number of alkyl halides is 1. The molecule has 1 aliphatic heterocycles. The zero-order chi connectivity index (χ0) is 25.1. The number of hydrogen-bond acceptors (Lipinski definition) is 3. The first-order valence-corrected chi connectivity index (χ1v) is 13.6. The molecule has 188 valence electrons. The SMILES string of the molecule is CS(=O)(=O)N[C@H]1C[C@@H]2C[C@@H]2N(C(=O)C2CC(F)C2)[C@H]1Cc1cccc(-c2cc(F)cc(F)c2)c1F. The molecule has 3 fully saturated rings. The first-order valence-electron chi connectivity index (χ1n) is 11.7. The number of rotatable bonds is 6. The van der Waals surface area contributed by atoms with Crippen molar-refractivity contribution in [3.8, 4) is 11.1 Å². The minimum Gasteiger partial charge on any atom is -0.334 e. The van der Waals surface area contributed by atoms with Crippen LogP contribution in [0.5, 0.6) is 0 Å². The maximum absolute atomic E-state index is 15.6. The van der Waals surface area contributed by atoms with Crippen molar-refractivity contribution in [3.63, 3.8) is 0 Å². The van der Waals surface area contributed by atoms with Gasteiger partial charge in [0.05, 0.1) is 12.3 Å². The smallest absolute Gasteiger partial charge is 0.226 e. The van der Waals surface area contributed by atoms with Crippen molar-refractivity contribution >= 4 is 15.9 Å². The predicted molar refractivity (Wildman–Crippen MR) is 122 cm³/mol. The molecule has 2 aromatic carbocycles. The van der Waals surface area contributed by atoms with Crippen molar-refractivity contribution < 1.29 is 30.8 Å². The Balaban J connectivity index is 1.50. The van der Waals surface area contributed by atoms with Gasteiger partial charge in [-0.1, -0.05) is 18.2 Å². The lowest BCUT2D eigenvalue weighted by atomic mass is 9.80. The first-order chi connectivity index (χ1) is 16.5. The van der Waals surface area contributed by atoms with Gasteiger partial charge in [-0.3, -0.25) is 4.79 Å². The maximum Gasteiger partial charge on any atom is 0.226 e. The van der Waals surface area contributed by atoms with E-state index in [-0.39, 0.29) is 53.8 Å². The summed E-state index contributed by atoms with van der Waals surface area (Å²) in [7, 11) is -3.62. The van der Waals surface area contributed by atoms with Crippen LogP contribution in [0, 0.1) is 29.3 Å². The maximum atomic E-state index is 15.6. The normalized spacial score (nSPS) is 29.9. The number of piperidine rings is 1. The van der Waals surface area contributed by atoms with Crippen LogP contribution in [-0.4, -0.2) is 49.8 Å². The van der Waals surface area contributed by atoms with E-state index in [1.807, 2.05) is 0 Å². The Labute approximate surface area is 201 Å². The highest BCUT2D eigenvalue weighted by Crippen LogP contribution is 2.48. The summed E-state index contributed by atoms with van der Waals surface area (Å²) in [6, 6.07) is 5.89. The summed E-state index contributed by atoms with van der Waals surface area (Å²) in [6.45, 7) is 0. The third-order valence-electron chi connectivity index (χ3n) is 7.35. The second-order valence-electron chi connectivity index (χ2n) is 10.0. The van der Waals surface area contributed by atoms with Gasteiger partial charge >= 0.3 is 0 Å². The van der Waals surface area contributed by atoms with Crippen LogP contribution >= 0.6 is 0 Å². The van der Waals surface area contributed by atoms with Gasteiger partial charge < -0.3 is 4.90 Å². The topological polar surface area (TPSA) is 66.5 Å². The second kappa shape index (κ2) is 8.89. The summed E-state index contributed by atoms with van der Waals surface area (Å²) in [6.07, 6.45) is 1.53. The predicted octanol–water partition coefficient (Wildman–Crippen LogP) is 3.97. The molecule has 0 aromatic heterocycles. The number of fused-ring (bicyclic) bond motifs is 1. The fraction of sp³-hybridized carbons (Fsp3) is 0.480. The molecule has 10 heteroatoms. The quantitative estimate of drug-likeness (QED) is 0.599.